The quantitative estimate of drug-likeness (QED) is 0.476. The Morgan fingerprint density at radius 1 is 1.45 bits per heavy atom. The van der Waals surface area contributed by atoms with Crippen LogP contribution in [0.4, 0.5) is 0 Å². The molecule has 0 radical (unpaired) electrons. The van der Waals surface area contributed by atoms with Crippen LogP contribution in [0.25, 0.3) is 5.78 Å². The van der Waals surface area contributed by atoms with Crippen LogP contribution in [0.2, 0.25) is 0 Å². The molecule has 0 saturated carbocycles. The van der Waals surface area contributed by atoms with E-state index in [0.29, 0.717) is 23.3 Å². The van der Waals surface area contributed by atoms with Crippen LogP contribution in [-0.2, 0) is 9.53 Å². The van der Waals surface area contributed by atoms with E-state index in [1.807, 2.05) is 19.9 Å². The molecule has 0 N–H and O–H groups in total. The summed E-state index contributed by atoms with van der Waals surface area (Å²) >= 11 is 1.44. The molecule has 2 rings (SSSR count). The maximum atomic E-state index is 11.1. The molecule has 6 nitrogen and oxygen atoms in total. The number of carbonyl (C=O) groups is 1. The fraction of sp³-hybridized carbons (Fsp3) is 0.385. The lowest BCUT2D eigenvalue weighted by Gasteiger charge is -1.97. The Morgan fingerprint density at radius 2 is 2.25 bits per heavy atom. The number of ether oxygens (including phenoxy) is 1. The summed E-state index contributed by atoms with van der Waals surface area (Å²) < 4.78 is 6.50. The Balaban J connectivity index is 2.00. The molecule has 20 heavy (non-hydrogen) atoms. The van der Waals surface area contributed by atoms with Crippen LogP contribution in [0.15, 0.2) is 23.4 Å². The maximum absolute atomic E-state index is 11.1. The van der Waals surface area contributed by atoms with Crippen molar-refractivity contribution in [1.82, 2.24) is 19.6 Å². The smallest absolute Gasteiger partial charge is 0.330 e. The second kappa shape index (κ2) is 6.51. The van der Waals surface area contributed by atoms with Gasteiger partial charge in [0.15, 0.2) is 0 Å². The lowest BCUT2D eigenvalue weighted by Crippen LogP contribution is -1.98. The second-order valence-corrected chi connectivity index (χ2v) is 5.10. The molecule has 0 atom stereocenters. The lowest BCUT2D eigenvalue weighted by atomic mass is 10.4. The monoisotopic (exact) mass is 292 g/mol. The van der Waals surface area contributed by atoms with Gasteiger partial charge >= 0.3 is 5.97 Å². The standard InChI is InChI=1S/C13H16N4O2S/c1-4-19-11(18)6-5-7-20-13-15-12-14-9(2)8-10(3)17(12)16-13/h5-6,8H,4,7H2,1-3H3/b6-5+. The highest BCUT2D eigenvalue weighted by atomic mass is 32.2. The molecule has 0 spiro atoms. The minimum absolute atomic E-state index is 0.329. The minimum Gasteiger partial charge on any atom is -0.463 e. The highest BCUT2D eigenvalue weighted by Crippen LogP contribution is 2.15. The topological polar surface area (TPSA) is 69.4 Å². The van der Waals surface area contributed by atoms with Gasteiger partial charge in [-0.05, 0) is 26.8 Å². The third-order valence-electron chi connectivity index (χ3n) is 2.45. The van der Waals surface area contributed by atoms with Crippen molar-refractivity contribution in [3.05, 3.63) is 29.6 Å². The Morgan fingerprint density at radius 3 is 3.00 bits per heavy atom. The predicted molar refractivity (Wildman–Crippen MR) is 76.8 cm³/mol. The third-order valence-corrected chi connectivity index (χ3v) is 3.24. The Hall–Kier alpha value is -1.89. The predicted octanol–water partition coefficient (Wildman–Crippen LogP) is 1.95. The first-order valence-corrected chi connectivity index (χ1v) is 7.26. The van der Waals surface area contributed by atoms with Crippen molar-refractivity contribution >= 4 is 23.5 Å². The van der Waals surface area contributed by atoms with Crippen molar-refractivity contribution in [2.24, 2.45) is 0 Å². The van der Waals surface area contributed by atoms with E-state index in [-0.39, 0.29) is 5.97 Å². The van der Waals surface area contributed by atoms with Crippen LogP contribution >= 0.6 is 11.8 Å². The summed E-state index contributed by atoms with van der Waals surface area (Å²) in [4.78, 5) is 19.8. The molecule has 106 valence electrons. The van der Waals surface area contributed by atoms with Gasteiger partial charge in [-0.3, -0.25) is 0 Å². The molecule has 0 aliphatic heterocycles. The SMILES string of the molecule is CCOC(=O)/C=C/CSc1nc2nc(C)cc(C)n2n1. The molecular weight excluding hydrogens is 276 g/mol. The second-order valence-electron chi connectivity index (χ2n) is 4.11. The molecule has 2 aromatic heterocycles. The normalized spacial score (nSPS) is 11.3. The molecule has 0 bridgehead atoms. The Labute approximate surface area is 121 Å². The van der Waals surface area contributed by atoms with Gasteiger partial charge in [0.1, 0.15) is 0 Å². The molecule has 0 unspecified atom stereocenters. The molecule has 0 aliphatic carbocycles. The number of thioether (sulfide) groups is 1. The zero-order valence-electron chi connectivity index (χ0n) is 11.7. The van der Waals surface area contributed by atoms with E-state index in [1.165, 1.54) is 17.8 Å². The van der Waals surface area contributed by atoms with Gasteiger partial charge in [-0.1, -0.05) is 17.8 Å². The van der Waals surface area contributed by atoms with Crippen molar-refractivity contribution < 1.29 is 9.53 Å². The van der Waals surface area contributed by atoms with E-state index in [2.05, 4.69) is 15.1 Å². The summed E-state index contributed by atoms with van der Waals surface area (Å²) in [6.45, 7) is 6.05. The van der Waals surface area contributed by atoms with E-state index in [1.54, 1.807) is 17.5 Å². The first-order valence-electron chi connectivity index (χ1n) is 6.27. The van der Waals surface area contributed by atoms with Crippen LogP contribution < -0.4 is 0 Å². The van der Waals surface area contributed by atoms with E-state index < -0.39 is 0 Å². The summed E-state index contributed by atoms with van der Waals surface area (Å²) in [6.07, 6.45) is 3.15. The van der Waals surface area contributed by atoms with Gasteiger partial charge in [-0.2, -0.15) is 4.98 Å². The lowest BCUT2D eigenvalue weighted by molar-refractivity contribution is -0.137. The molecule has 0 saturated heterocycles. The summed E-state index contributed by atoms with van der Waals surface area (Å²) in [7, 11) is 0. The van der Waals surface area contributed by atoms with Crippen LogP contribution in [-0.4, -0.2) is 37.9 Å². The molecule has 0 amide bonds. The number of nitrogens with zero attached hydrogens (tertiary/aromatic N) is 4. The largest absolute Gasteiger partial charge is 0.463 e. The van der Waals surface area contributed by atoms with Gasteiger partial charge in [0.05, 0.1) is 6.61 Å². The van der Waals surface area contributed by atoms with Gasteiger partial charge in [0, 0.05) is 23.2 Å². The van der Waals surface area contributed by atoms with Crippen molar-refractivity contribution in [2.45, 2.75) is 25.9 Å². The number of aryl methyl sites for hydroxylation is 2. The number of hydrogen-bond acceptors (Lipinski definition) is 6. The van der Waals surface area contributed by atoms with Gasteiger partial charge in [-0.25, -0.2) is 14.3 Å². The average molecular weight is 292 g/mol. The number of aromatic nitrogens is 4. The van der Waals surface area contributed by atoms with Gasteiger partial charge in [0.25, 0.3) is 5.78 Å². The highest BCUT2D eigenvalue weighted by molar-refractivity contribution is 7.99. The molecule has 0 aliphatic rings. The fourth-order valence-electron chi connectivity index (χ4n) is 1.67. The molecule has 7 heteroatoms. The fourth-order valence-corrected chi connectivity index (χ4v) is 2.29. The van der Waals surface area contributed by atoms with Crippen molar-refractivity contribution in [1.29, 1.82) is 0 Å². The summed E-state index contributed by atoms with van der Waals surface area (Å²) in [6, 6.07) is 1.96. The zero-order chi connectivity index (χ0) is 14.5. The highest BCUT2D eigenvalue weighted by Gasteiger charge is 2.07. The Bertz CT molecular complexity index is 651. The summed E-state index contributed by atoms with van der Waals surface area (Å²) in [5.74, 6) is 0.872. The summed E-state index contributed by atoms with van der Waals surface area (Å²) in [5.41, 5.74) is 1.91. The number of esters is 1. The van der Waals surface area contributed by atoms with Crippen LogP contribution in [0.1, 0.15) is 18.3 Å². The molecule has 0 fully saturated rings. The first-order chi connectivity index (χ1) is 9.60. The van der Waals surface area contributed by atoms with Crippen molar-refractivity contribution in [3.63, 3.8) is 0 Å². The number of rotatable bonds is 5. The molecular formula is C13H16N4O2S. The molecule has 2 aromatic rings. The van der Waals surface area contributed by atoms with Crippen molar-refractivity contribution in [2.75, 3.05) is 12.4 Å². The molecule has 0 aromatic carbocycles. The number of fused-ring (bicyclic) bond motifs is 1. The minimum atomic E-state index is -0.329. The van der Waals surface area contributed by atoms with E-state index >= 15 is 0 Å². The van der Waals surface area contributed by atoms with E-state index in [9.17, 15) is 4.79 Å². The van der Waals surface area contributed by atoms with Crippen LogP contribution in [0.3, 0.4) is 0 Å². The maximum Gasteiger partial charge on any atom is 0.330 e. The van der Waals surface area contributed by atoms with Gasteiger partial charge < -0.3 is 4.74 Å². The average Bonchev–Trinajstić information content (AvgIpc) is 2.78. The molecule has 2 heterocycles. The van der Waals surface area contributed by atoms with Gasteiger partial charge in [-0.15, -0.1) is 5.10 Å². The van der Waals surface area contributed by atoms with Gasteiger partial charge in [0.2, 0.25) is 5.16 Å². The number of hydrogen-bond donors (Lipinski definition) is 0. The summed E-state index contributed by atoms with van der Waals surface area (Å²) in [5, 5.41) is 5.00. The Kier molecular flexibility index (Phi) is 4.73. The van der Waals surface area contributed by atoms with E-state index in [0.717, 1.165) is 11.4 Å². The van der Waals surface area contributed by atoms with Crippen LogP contribution in [0, 0.1) is 13.8 Å². The van der Waals surface area contributed by atoms with Crippen molar-refractivity contribution in [3.8, 4) is 0 Å². The van der Waals surface area contributed by atoms with E-state index in [4.69, 9.17) is 4.74 Å². The van der Waals surface area contributed by atoms with Crippen LogP contribution in [0.5, 0.6) is 0 Å². The number of carbonyl (C=O) groups excluding carboxylic acids is 1. The first kappa shape index (κ1) is 14.5. The third kappa shape index (κ3) is 3.57. The zero-order valence-corrected chi connectivity index (χ0v) is 12.5.